The smallest absolute Gasteiger partial charge is 0.390 e. The molecule has 0 bridgehead atoms. The molecule has 0 fully saturated rings. The molecule has 0 aromatic heterocycles. The van der Waals surface area contributed by atoms with Crippen LogP contribution in [0, 0.1) is 11.3 Å². The molecule has 5 atom stereocenters. The van der Waals surface area contributed by atoms with Crippen LogP contribution in [0.25, 0.3) is 0 Å². The minimum atomic E-state index is -4.70. The van der Waals surface area contributed by atoms with Gasteiger partial charge in [0.1, 0.15) is 24.6 Å². The summed E-state index contributed by atoms with van der Waals surface area (Å²) in [4.78, 5) is 26.8. The van der Waals surface area contributed by atoms with E-state index in [4.69, 9.17) is 31.5 Å². The average molecular weight is 370 g/mol. The first-order valence-corrected chi connectivity index (χ1v) is 8.33. The minimum absolute atomic E-state index is 0.522. The van der Waals surface area contributed by atoms with Crippen LogP contribution in [0.15, 0.2) is 11.6 Å². The molecule has 1 aliphatic heterocycles. The van der Waals surface area contributed by atoms with E-state index >= 15 is 0 Å². The molecule has 0 spiro atoms. The highest BCUT2D eigenvalue weighted by molar-refractivity contribution is 7.56. The molecule has 1 aliphatic rings. The lowest BCUT2D eigenvalue weighted by atomic mass is 9.88. The first kappa shape index (κ1) is 22.8. The predicted octanol–water partition coefficient (Wildman–Crippen LogP) is -3.19. The van der Waals surface area contributed by atoms with Crippen LogP contribution in [0.3, 0.4) is 0 Å². The summed E-state index contributed by atoms with van der Waals surface area (Å²) in [6.07, 6.45) is -3.27. The molecule has 0 saturated carbocycles. The van der Waals surface area contributed by atoms with E-state index in [1.807, 2.05) is 0 Å². The second-order valence-corrected chi connectivity index (χ2v) is 6.58. The summed E-state index contributed by atoms with van der Waals surface area (Å²) in [7, 11) is -4.70. The fourth-order valence-electron chi connectivity index (χ4n) is 2.09. The third kappa shape index (κ3) is 6.75. The number of aliphatic hydroxyl groups excluding tert-OH is 3. The molecule has 0 unspecified atom stereocenters. The molecule has 11 N–H and O–H groups in total. The highest BCUT2D eigenvalue weighted by Crippen LogP contribution is 2.49. The van der Waals surface area contributed by atoms with Crippen LogP contribution in [-0.2, 0) is 14.1 Å². The van der Waals surface area contributed by atoms with Gasteiger partial charge < -0.3 is 41.3 Å². The number of nitrogens with two attached hydrogens (primary N) is 2. The Hall–Kier alpha value is -1.17. The summed E-state index contributed by atoms with van der Waals surface area (Å²) in [6.45, 7) is 0.891. The van der Waals surface area contributed by atoms with Crippen molar-refractivity contribution in [3.05, 3.63) is 11.6 Å². The van der Waals surface area contributed by atoms with Crippen LogP contribution < -0.4 is 16.8 Å². The quantitative estimate of drug-likeness (QED) is 0.0977. The van der Waals surface area contributed by atoms with Crippen molar-refractivity contribution >= 4 is 13.7 Å². The number of isocyanates is 1. The van der Waals surface area contributed by atoms with Gasteiger partial charge in [0, 0.05) is 12.0 Å². The van der Waals surface area contributed by atoms with Crippen LogP contribution in [0.1, 0.15) is 6.92 Å². The predicted molar refractivity (Wildman–Crippen MR) is 80.8 cm³/mol. The summed E-state index contributed by atoms with van der Waals surface area (Å²) in [5.41, 5.74) is 10.2. The van der Waals surface area contributed by atoms with E-state index in [-0.39, 0.29) is 0 Å². The van der Waals surface area contributed by atoms with Gasteiger partial charge in [-0.05, 0) is 6.08 Å². The molecular formula is C11H23N4O8P. The van der Waals surface area contributed by atoms with Crippen molar-refractivity contribution in [2.45, 2.75) is 37.6 Å². The average Bonchev–Trinajstić information content (AvgIpc) is 2.47. The van der Waals surface area contributed by atoms with Gasteiger partial charge in [0.15, 0.2) is 0 Å². The number of hydrogen-bond donors (Lipinski definition) is 9. The van der Waals surface area contributed by atoms with Crippen LogP contribution >= 0.6 is 7.60 Å². The van der Waals surface area contributed by atoms with Crippen LogP contribution in [0.2, 0.25) is 0 Å². The number of aliphatic hydroxyl groups is 3. The second-order valence-electron chi connectivity index (χ2n) is 5.05. The molecule has 1 heterocycles. The molecule has 0 radical (unpaired) electrons. The fraction of sp³-hybridized carbons (Fsp3) is 0.727. The number of carbonyl (C=O) groups excluding carboxylic acids is 1. The Morgan fingerprint density at radius 2 is 1.96 bits per heavy atom. The van der Waals surface area contributed by atoms with Gasteiger partial charge in [-0.2, -0.15) is 0 Å². The van der Waals surface area contributed by atoms with E-state index < -0.39 is 56.3 Å². The van der Waals surface area contributed by atoms with Crippen molar-refractivity contribution < 1.29 is 39.2 Å². The molecule has 0 aromatic carbocycles. The molecule has 1 rings (SSSR count). The molecule has 0 aliphatic carbocycles. The molecule has 13 heteroatoms. The standard InChI is InChI=1S/C10H22N3O7P.CHNO/c1-4-5(13-10(11)12)2-7(21(17,18)19)20-9(4)8(16)6(15)3-14;2-1-3/h2,4-6,8-10,13-16H,3,11-12H2,1H3,(H2,17,18,19);2H/t4-,5+,6-,8-,9-;/m1./s1. The van der Waals surface area contributed by atoms with E-state index in [0.717, 1.165) is 12.2 Å². The third-order valence-corrected chi connectivity index (χ3v) is 4.08. The van der Waals surface area contributed by atoms with Crippen LogP contribution in [-0.4, -0.2) is 68.4 Å². The van der Waals surface area contributed by atoms with Gasteiger partial charge >= 0.3 is 7.60 Å². The third-order valence-electron chi connectivity index (χ3n) is 3.25. The Morgan fingerprint density at radius 3 is 2.33 bits per heavy atom. The SMILES string of the molecule is C[C@H]1[C@H]([C@H](O)[C@H](O)CO)OC(P(=O)(O)O)=C[C@@H]1NC(N)N.N=C=O. The Kier molecular flexibility index (Phi) is 9.48. The Morgan fingerprint density at radius 1 is 1.46 bits per heavy atom. The normalized spacial score (nSPS) is 26.4. The zero-order valence-corrected chi connectivity index (χ0v) is 13.7. The lowest BCUT2D eigenvalue weighted by Gasteiger charge is -2.39. The van der Waals surface area contributed by atoms with Crippen molar-refractivity contribution in [3.63, 3.8) is 0 Å². The molecule has 0 saturated heterocycles. The summed E-state index contributed by atoms with van der Waals surface area (Å²) in [5.74, 6) is -0.522. The van der Waals surface area contributed by atoms with Crippen molar-refractivity contribution in [2.24, 2.45) is 17.4 Å². The fourth-order valence-corrected chi connectivity index (χ4v) is 2.71. The molecule has 0 amide bonds. The highest BCUT2D eigenvalue weighted by atomic mass is 31.2. The first-order valence-electron chi connectivity index (χ1n) is 6.72. The van der Waals surface area contributed by atoms with E-state index in [9.17, 15) is 24.6 Å². The van der Waals surface area contributed by atoms with Crippen molar-refractivity contribution in [3.8, 4) is 0 Å². The summed E-state index contributed by atoms with van der Waals surface area (Å²) in [6, 6.07) is -0.688. The number of nitrogens with one attached hydrogen (secondary N) is 2. The zero-order valence-electron chi connectivity index (χ0n) is 12.8. The van der Waals surface area contributed by atoms with Crippen LogP contribution in [0.5, 0.6) is 0 Å². The van der Waals surface area contributed by atoms with E-state index in [2.05, 4.69) is 5.32 Å². The zero-order chi connectivity index (χ0) is 19.1. The molecule has 24 heavy (non-hydrogen) atoms. The van der Waals surface area contributed by atoms with Gasteiger partial charge in [-0.15, -0.1) is 0 Å². The lowest BCUT2D eigenvalue weighted by molar-refractivity contribution is -0.108. The van der Waals surface area contributed by atoms with Crippen molar-refractivity contribution in [2.75, 3.05) is 6.61 Å². The summed E-state index contributed by atoms with van der Waals surface area (Å²) >= 11 is 0. The Labute approximate surface area is 137 Å². The largest absolute Gasteiger partial charge is 0.479 e. The molecule has 140 valence electrons. The van der Waals surface area contributed by atoms with Gasteiger partial charge in [0.05, 0.1) is 6.61 Å². The van der Waals surface area contributed by atoms with Gasteiger partial charge in [0.25, 0.3) is 0 Å². The second kappa shape index (κ2) is 9.97. The highest BCUT2D eigenvalue weighted by Gasteiger charge is 2.42. The van der Waals surface area contributed by atoms with Crippen molar-refractivity contribution in [1.82, 2.24) is 5.32 Å². The van der Waals surface area contributed by atoms with E-state index in [0.29, 0.717) is 0 Å². The number of hydrogen-bond acceptors (Lipinski definition) is 10. The summed E-state index contributed by atoms with van der Waals surface area (Å²) < 4.78 is 16.5. The van der Waals surface area contributed by atoms with Gasteiger partial charge in [-0.1, -0.05) is 6.92 Å². The minimum Gasteiger partial charge on any atom is -0.479 e. The maximum absolute atomic E-state index is 11.3. The number of ether oxygens (including phenoxy) is 1. The monoisotopic (exact) mass is 370 g/mol. The summed E-state index contributed by atoms with van der Waals surface area (Å²) in [5, 5.41) is 36.4. The topological polar surface area (TPSA) is 232 Å². The molecule has 0 aromatic rings. The first-order chi connectivity index (χ1) is 11.0. The Balaban J connectivity index is 0.00000163. The maximum atomic E-state index is 11.3. The maximum Gasteiger partial charge on any atom is 0.390 e. The van der Waals surface area contributed by atoms with Gasteiger partial charge in [-0.3, -0.25) is 9.88 Å². The Bertz CT molecular complexity index is 504. The van der Waals surface area contributed by atoms with Crippen LogP contribution in [0.4, 0.5) is 0 Å². The van der Waals surface area contributed by atoms with Crippen molar-refractivity contribution in [1.29, 1.82) is 5.41 Å². The van der Waals surface area contributed by atoms with E-state index in [1.165, 1.54) is 0 Å². The van der Waals surface area contributed by atoms with Gasteiger partial charge in [-0.25, -0.2) is 10.2 Å². The van der Waals surface area contributed by atoms with Gasteiger partial charge in [0.2, 0.25) is 11.6 Å². The lowest BCUT2D eigenvalue weighted by Crippen LogP contribution is -2.57. The van der Waals surface area contributed by atoms with E-state index in [1.54, 1.807) is 6.92 Å². The molecular weight excluding hydrogens is 347 g/mol. The molecule has 12 nitrogen and oxygen atoms in total. The number of rotatable bonds is 6.